The number of halogens is 1. The van der Waals surface area contributed by atoms with E-state index in [0.29, 0.717) is 0 Å². The minimum Gasteiger partial charge on any atom is -0.411 e. The summed E-state index contributed by atoms with van der Waals surface area (Å²) in [4.78, 5) is 2.35. The third kappa shape index (κ3) is 2.97. The highest BCUT2D eigenvalue weighted by Crippen LogP contribution is 2.15. The Kier molecular flexibility index (Phi) is 3.80. The molecule has 1 aromatic carbocycles. The molecular formula is C12H15ClN2O. The second-order valence-electron chi connectivity index (χ2n) is 4.07. The lowest BCUT2D eigenvalue weighted by Gasteiger charge is -2.26. The van der Waals surface area contributed by atoms with Crippen LogP contribution in [0.5, 0.6) is 0 Å². The van der Waals surface area contributed by atoms with E-state index in [9.17, 15) is 0 Å². The SMILES string of the molecule is ON=C1CCN(Cc2cccc(Cl)c2)CC1. The van der Waals surface area contributed by atoms with Crippen LogP contribution < -0.4 is 0 Å². The van der Waals surface area contributed by atoms with E-state index in [0.717, 1.165) is 43.2 Å². The van der Waals surface area contributed by atoms with E-state index in [1.807, 2.05) is 18.2 Å². The van der Waals surface area contributed by atoms with Crippen LogP contribution in [0.1, 0.15) is 18.4 Å². The fraction of sp³-hybridized carbons (Fsp3) is 0.417. The number of likely N-dealkylation sites (tertiary alicyclic amines) is 1. The zero-order valence-electron chi connectivity index (χ0n) is 9.06. The quantitative estimate of drug-likeness (QED) is 0.635. The summed E-state index contributed by atoms with van der Waals surface area (Å²) in [6.45, 7) is 2.82. The lowest BCUT2D eigenvalue weighted by atomic mass is 10.1. The van der Waals surface area contributed by atoms with Crippen LogP contribution in [-0.2, 0) is 6.54 Å². The average molecular weight is 239 g/mol. The predicted molar refractivity (Wildman–Crippen MR) is 65.2 cm³/mol. The molecule has 1 aliphatic rings. The molecule has 1 heterocycles. The lowest BCUT2D eigenvalue weighted by Crippen LogP contribution is -2.33. The van der Waals surface area contributed by atoms with Crippen LogP contribution in [0.3, 0.4) is 0 Å². The third-order valence-corrected chi connectivity index (χ3v) is 3.10. The molecule has 1 saturated heterocycles. The van der Waals surface area contributed by atoms with Gasteiger partial charge in [0.1, 0.15) is 0 Å². The molecule has 0 amide bonds. The number of oxime groups is 1. The van der Waals surface area contributed by atoms with Crippen molar-refractivity contribution in [3.05, 3.63) is 34.9 Å². The second-order valence-corrected chi connectivity index (χ2v) is 4.51. The van der Waals surface area contributed by atoms with Crippen LogP contribution in [0, 0.1) is 0 Å². The molecule has 86 valence electrons. The van der Waals surface area contributed by atoms with Crippen LogP contribution >= 0.6 is 11.6 Å². The minimum atomic E-state index is 0.784. The molecule has 4 heteroatoms. The Morgan fingerprint density at radius 2 is 2.06 bits per heavy atom. The zero-order chi connectivity index (χ0) is 11.4. The van der Waals surface area contributed by atoms with Gasteiger partial charge in [0.15, 0.2) is 0 Å². The molecule has 0 radical (unpaired) electrons. The Morgan fingerprint density at radius 3 is 2.69 bits per heavy atom. The van der Waals surface area contributed by atoms with Gasteiger partial charge in [-0.2, -0.15) is 0 Å². The van der Waals surface area contributed by atoms with Crippen LogP contribution in [0.15, 0.2) is 29.4 Å². The second kappa shape index (κ2) is 5.32. The molecule has 2 rings (SSSR count). The van der Waals surface area contributed by atoms with Crippen LogP contribution in [0.4, 0.5) is 0 Å². The highest BCUT2D eigenvalue weighted by atomic mass is 35.5. The summed E-state index contributed by atoms with van der Waals surface area (Å²) in [7, 11) is 0. The summed E-state index contributed by atoms with van der Waals surface area (Å²) in [5.41, 5.74) is 2.14. The summed E-state index contributed by atoms with van der Waals surface area (Å²) in [5.74, 6) is 0. The van der Waals surface area contributed by atoms with Crippen molar-refractivity contribution in [3.63, 3.8) is 0 Å². The monoisotopic (exact) mass is 238 g/mol. The van der Waals surface area contributed by atoms with Gasteiger partial charge in [0, 0.05) is 37.5 Å². The largest absolute Gasteiger partial charge is 0.411 e. The van der Waals surface area contributed by atoms with E-state index in [2.05, 4.69) is 16.1 Å². The van der Waals surface area contributed by atoms with Gasteiger partial charge in [0.2, 0.25) is 0 Å². The molecule has 0 atom stereocenters. The molecule has 3 nitrogen and oxygen atoms in total. The predicted octanol–water partition coefficient (Wildman–Crippen LogP) is 2.77. The molecule has 0 spiro atoms. The number of hydrogen-bond donors (Lipinski definition) is 1. The summed E-state index contributed by atoms with van der Waals surface area (Å²) in [5, 5.41) is 12.7. The van der Waals surface area contributed by atoms with Gasteiger partial charge < -0.3 is 5.21 Å². The highest BCUT2D eigenvalue weighted by molar-refractivity contribution is 6.30. The maximum Gasteiger partial charge on any atom is 0.0596 e. The van der Waals surface area contributed by atoms with E-state index in [1.54, 1.807) is 0 Å². The van der Waals surface area contributed by atoms with E-state index in [1.165, 1.54) is 5.56 Å². The van der Waals surface area contributed by atoms with E-state index >= 15 is 0 Å². The van der Waals surface area contributed by atoms with Crippen molar-refractivity contribution in [2.45, 2.75) is 19.4 Å². The first-order chi connectivity index (χ1) is 7.78. The Hall–Kier alpha value is -1.06. The number of piperidine rings is 1. The summed E-state index contributed by atoms with van der Waals surface area (Å²) in [6.07, 6.45) is 1.72. The van der Waals surface area contributed by atoms with Gasteiger partial charge in [-0.05, 0) is 17.7 Å². The zero-order valence-corrected chi connectivity index (χ0v) is 9.82. The maximum absolute atomic E-state index is 8.66. The molecule has 0 aromatic heterocycles. The molecule has 1 fully saturated rings. The number of nitrogens with zero attached hydrogens (tertiary/aromatic N) is 2. The minimum absolute atomic E-state index is 0.784. The number of benzene rings is 1. The van der Waals surface area contributed by atoms with Crippen molar-refractivity contribution in [2.75, 3.05) is 13.1 Å². The van der Waals surface area contributed by atoms with Gasteiger partial charge in [0.25, 0.3) is 0 Å². The molecule has 0 saturated carbocycles. The lowest BCUT2D eigenvalue weighted by molar-refractivity contribution is 0.256. The van der Waals surface area contributed by atoms with Gasteiger partial charge in [-0.25, -0.2) is 0 Å². The van der Waals surface area contributed by atoms with E-state index in [-0.39, 0.29) is 0 Å². The number of rotatable bonds is 2. The summed E-state index contributed by atoms with van der Waals surface area (Å²) < 4.78 is 0. The fourth-order valence-corrected chi connectivity index (χ4v) is 2.18. The van der Waals surface area contributed by atoms with Crippen molar-refractivity contribution in [2.24, 2.45) is 5.16 Å². The van der Waals surface area contributed by atoms with Crippen LogP contribution in [-0.4, -0.2) is 28.9 Å². The van der Waals surface area contributed by atoms with Crippen molar-refractivity contribution in [1.82, 2.24) is 4.90 Å². The first kappa shape index (κ1) is 11.4. The Balaban J connectivity index is 1.92. The molecule has 1 aliphatic heterocycles. The molecular weight excluding hydrogens is 224 g/mol. The third-order valence-electron chi connectivity index (χ3n) is 2.87. The van der Waals surface area contributed by atoms with Gasteiger partial charge in [0.05, 0.1) is 5.71 Å². The topological polar surface area (TPSA) is 35.8 Å². The van der Waals surface area contributed by atoms with Gasteiger partial charge in [-0.3, -0.25) is 4.90 Å². The average Bonchev–Trinajstić information content (AvgIpc) is 2.30. The standard InChI is InChI=1S/C12H15ClN2O/c13-11-3-1-2-10(8-11)9-15-6-4-12(14-16)5-7-15/h1-3,8,16H,4-7,9H2. The molecule has 16 heavy (non-hydrogen) atoms. The molecule has 0 unspecified atom stereocenters. The molecule has 1 N–H and O–H groups in total. The smallest absolute Gasteiger partial charge is 0.0596 e. The van der Waals surface area contributed by atoms with E-state index < -0.39 is 0 Å². The normalized spacial score (nSPS) is 17.4. The maximum atomic E-state index is 8.66. The Bertz CT molecular complexity index is 382. The summed E-state index contributed by atoms with van der Waals surface area (Å²) in [6, 6.07) is 7.94. The van der Waals surface area contributed by atoms with E-state index in [4.69, 9.17) is 16.8 Å². The first-order valence-electron chi connectivity index (χ1n) is 5.44. The van der Waals surface area contributed by atoms with Crippen LogP contribution in [0.25, 0.3) is 0 Å². The molecule has 0 bridgehead atoms. The van der Waals surface area contributed by atoms with Crippen molar-refractivity contribution >= 4 is 17.3 Å². The van der Waals surface area contributed by atoms with Crippen molar-refractivity contribution < 1.29 is 5.21 Å². The Morgan fingerprint density at radius 1 is 1.31 bits per heavy atom. The first-order valence-corrected chi connectivity index (χ1v) is 5.82. The van der Waals surface area contributed by atoms with Gasteiger partial charge in [-0.15, -0.1) is 0 Å². The van der Waals surface area contributed by atoms with Crippen LogP contribution in [0.2, 0.25) is 5.02 Å². The highest BCUT2D eigenvalue weighted by Gasteiger charge is 2.15. The van der Waals surface area contributed by atoms with Crippen molar-refractivity contribution in [1.29, 1.82) is 0 Å². The van der Waals surface area contributed by atoms with Gasteiger partial charge in [-0.1, -0.05) is 28.9 Å². The van der Waals surface area contributed by atoms with Gasteiger partial charge >= 0.3 is 0 Å². The van der Waals surface area contributed by atoms with Crippen molar-refractivity contribution in [3.8, 4) is 0 Å². The molecule has 0 aliphatic carbocycles. The Labute approximate surface area is 100 Å². The molecule has 1 aromatic rings. The fourth-order valence-electron chi connectivity index (χ4n) is 1.96. The summed E-state index contributed by atoms with van der Waals surface area (Å²) >= 11 is 5.94. The number of hydrogen-bond acceptors (Lipinski definition) is 3.